The van der Waals surface area contributed by atoms with Crippen molar-refractivity contribution in [2.75, 3.05) is 0 Å². The minimum Gasteiger partial charge on any atom is -0.444 e. The molecule has 134 valence electrons. The van der Waals surface area contributed by atoms with Crippen LogP contribution < -0.4 is 5.32 Å². The van der Waals surface area contributed by atoms with Gasteiger partial charge in [-0.1, -0.05) is 6.42 Å². The Labute approximate surface area is 139 Å². The lowest BCUT2D eigenvalue weighted by Crippen LogP contribution is -2.41. The number of ether oxygens (including phenoxy) is 1. The molecule has 2 atom stereocenters. The van der Waals surface area contributed by atoms with Gasteiger partial charge in [0.1, 0.15) is 5.60 Å². The number of carbonyl (C=O) groups excluding carboxylic acids is 1. The van der Waals surface area contributed by atoms with Gasteiger partial charge in [0, 0.05) is 17.9 Å². The first-order chi connectivity index (χ1) is 11.0. The van der Waals surface area contributed by atoms with Crippen LogP contribution in [0, 0.1) is 5.92 Å². The number of nitrogens with zero attached hydrogens (tertiary/aromatic N) is 1. The van der Waals surface area contributed by atoms with Crippen LogP contribution in [-0.4, -0.2) is 22.7 Å². The van der Waals surface area contributed by atoms with E-state index in [1.165, 1.54) is 6.07 Å². The Morgan fingerprint density at radius 2 is 2.00 bits per heavy atom. The summed E-state index contributed by atoms with van der Waals surface area (Å²) in [5, 5.41) is 2.87. The Morgan fingerprint density at radius 3 is 2.54 bits per heavy atom. The molecule has 1 amide bonds. The smallest absolute Gasteiger partial charge is 0.417 e. The number of nitrogens with one attached hydrogen (secondary N) is 1. The number of aromatic nitrogens is 1. The molecular weight excluding hydrogens is 321 g/mol. The first kappa shape index (κ1) is 18.5. The number of alkyl carbamates (subject to hydrolysis) is 1. The van der Waals surface area contributed by atoms with Crippen molar-refractivity contribution in [2.45, 2.75) is 64.3 Å². The van der Waals surface area contributed by atoms with Crippen molar-refractivity contribution < 1.29 is 22.7 Å². The summed E-state index contributed by atoms with van der Waals surface area (Å²) >= 11 is 0. The van der Waals surface area contributed by atoms with Crippen molar-refractivity contribution in [1.29, 1.82) is 0 Å². The van der Waals surface area contributed by atoms with Crippen LogP contribution in [0.1, 0.15) is 51.3 Å². The first-order valence-corrected chi connectivity index (χ1v) is 8.06. The lowest BCUT2D eigenvalue weighted by atomic mass is 9.97. The van der Waals surface area contributed by atoms with Crippen LogP contribution in [0.3, 0.4) is 0 Å². The minimum absolute atomic E-state index is 0.0380. The van der Waals surface area contributed by atoms with Crippen molar-refractivity contribution in [3.05, 3.63) is 29.6 Å². The second kappa shape index (κ2) is 6.99. The highest BCUT2D eigenvalue weighted by Gasteiger charge is 2.32. The highest BCUT2D eigenvalue weighted by molar-refractivity contribution is 5.68. The normalized spacial score (nSPS) is 21.6. The predicted octanol–water partition coefficient (Wildman–Crippen LogP) is 4.34. The van der Waals surface area contributed by atoms with E-state index in [2.05, 4.69) is 10.3 Å². The zero-order valence-corrected chi connectivity index (χ0v) is 14.1. The molecule has 0 aliphatic heterocycles. The third-order valence-electron chi connectivity index (χ3n) is 3.98. The fourth-order valence-electron chi connectivity index (χ4n) is 2.91. The van der Waals surface area contributed by atoms with Gasteiger partial charge < -0.3 is 10.1 Å². The van der Waals surface area contributed by atoms with E-state index in [1.807, 2.05) is 0 Å². The zero-order valence-electron chi connectivity index (χ0n) is 14.1. The van der Waals surface area contributed by atoms with Gasteiger partial charge in [-0.25, -0.2) is 4.79 Å². The molecule has 4 nitrogen and oxygen atoms in total. The molecule has 24 heavy (non-hydrogen) atoms. The molecule has 1 aliphatic rings. The van der Waals surface area contributed by atoms with Gasteiger partial charge in [-0.15, -0.1) is 0 Å². The van der Waals surface area contributed by atoms with Crippen molar-refractivity contribution in [2.24, 2.45) is 5.92 Å². The largest absolute Gasteiger partial charge is 0.444 e. The van der Waals surface area contributed by atoms with Crippen LogP contribution in [0.25, 0.3) is 0 Å². The maximum absolute atomic E-state index is 12.6. The molecule has 1 aromatic rings. The summed E-state index contributed by atoms with van der Waals surface area (Å²) in [7, 11) is 0. The van der Waals surface area contributed by atoms with E-state index in [9.17, 15) is 18.0 Å². The highest BCUT2D eigenvalue weighted by atomic mass is 19.4. The fraction of sp³-hybridized carbons (Fsp3) is 0.647. The molecule has 0 saturated heterocycles. The van der Waals surface area contributed by atoms with Crippen LogP contribution in [0.5, 0.6) is 0 Å². The summed E-state index contributed by atoms with van der Waals surface area (Å²) in [6, 6.07) is 2.42. The Balaban J connectivity index is 1.95. The predicted molar refractivity (Wildman–Crippen MR) is 83.4 cm³/mol. The molecule has 7 heteroatoms. The van der Waals surface area contributed by atoms with Gasteiger partial charge in [0.05, 0.1) is 5.56 Å². The van der Waals surface area contributed by atoms with Crippen molar-refractivity contribution in [3.8, 4) is 0 Å². The topological polar surface area (TPSA) is 51.2 Å². The van der Waals surface area contributed by atoms with Crippen LogP contribution in [0.4, 0.5) is 18.0 Å². The molecule has 0 aromatic carbocycles. The van der Waals surface area contributed by atoms with E-state index < -0.39 is 23.4 Å². The molecule has 1 N–H and O–H groups in total. The summed E-state index contributed by atoms with van der Waals surface area (Å²) < 4.78 is 43.0. The number of rotatable bonds is 3. The lowest BCUT2D eigenvalue weighted by Gasteiger charge is -2.24. The Kier molecular flexibility index (Phi) is 5.40. The quantitative estimate of drug-likeness (QED) is 0.887. The van der Waals surface area contributed by atoms with E-state index in [-0.39, 0.29) is 12.0 Å². The van der Waals surface area contributed by atoms with Crippen LogP contribution in [0.2, 0.25) is 0 Å². The molecule has 0 spiro atoms. The van der Waals surface area contributed by atoms with Gasteiger partial charge in [-0.3, -0.25) is 4.98 Å². The average Bonchev–Trinajstić information content (AvgIpc) is 2.83. The van der Waals surface area contributed by atoms with E-state index in [4.69, 9.17) is 4.74 Å². The number of pyridine rings is 1. The van der Waals surface area contributed by atoms with Gasteiger partial charge in [0.15, 0.2) is 0 Å². The van der Waals surface area contributed by atoms with E-state index in [1.54, 1.807) is 20.8 Å². The zero-order chi connectivity index (χ0) is 18.0. The Bertz CT molecular complexity index is 565. The van der Waals surface area contributed by atoms with Crippen molar-refractivity contribution in [3.63, 3.8) is 0 Å². The fourth-order valence-corrected chi connectivity index (χ4v) is 2.91. The van der Waals surface area contributed by atoms with Crippen molar-refractivity contribution >= 4 is 6.09 Å². The molecule has 0 bridgehead atoms. The van der Waals surface area contributed by atoms with E-state index in [0.29, 0.717) is 12.1 Å². The van der Waals surface area contributed by atoms with Crippen molar-refractivity contribution in [1.82, 2.24) is 10.3 Å². The van der Waals surface area contributed by atoms with Gasteiger partial charge in [-0.2, -0.15) is 13.2 Å². The average molecular weight is 344 g/mol. The highest BCUT2D eigenvalue weighted by Crippen LogP contribution is 2.31. The Hall–Kier alpha value is -1.79. The third kappa shape index (κ3) is 5.39. The summed E-state index contributed by atoms with van der Waals surface area (Å²) in [4.78, 5) is 15.8. The molecule has 1 aromatic heterocycles. The van der Waals surface area contributed by atoms with Crippen LogP contribution in [-0.2, 0) is 17.3 Å². The Morgan fingerprint density at radius 1 is 1.29 bits per heavy atom. The summed E-state index contributed by atoms with van der Waals surface area (Å²) in [6.07, 6.45) is -0.724. The standard InChI is InChI=1S/C17H23F3N2O2/c1-16(2,3)24-15(23)22-14-6-4-5-11(14)9-13-8-7-12(10-21-13)17(18,19)20/h7-8,10-11,14H,4-6,9H2,1-3H3,(H,22,23). The molecule has 2 rings (SSSR count). The van der Waals surface area contributed by atoms with Gasteiger partial charge in [-0.05, 0) is 58.1 Å². The van der Waals surface area contributed by atoms with Gasteiger partial charge in [0.25, 0.3) is 0 Å². The second-order valence-corrected chi connectivity index (χ2v) is 7.18. The lowest BCUT2D eigenvalue weighted by molar-refractivity contribution is -0.137. The minimum atomic E-state index is -4.38. The molecule has 0 radical (unpaired) electrons. The number of hydrogen-bond donors (Lipinski definition) is 1. The summed E-state index contributed by atoms with van der Waals surface area (Å²) in [6.45, 7) is 5.39. The molecule has 1 saturated carbocycles. The molecular formula is C17H23F3N2O2. The molecule has 2 unspecified atom stereocenters. The SMILES string of the molecule is CC(C)(C)OC(=O)NC1CCCC1Cc1ccc(C(F)(F)F)cn1. The van der Waals surface area contributed by atoms with Crippen LogP contribution >= 0.6 is 0 Å². The second-order valence-electron chi connectivity index (χ2n) is 7.18. The third-order valence-corrected chi connectivity index (χ3v) is 3.98. The number of hydrogen-bond acceptors (Lipinski definition) is 3. The number of carbonyl (C=O) groups is 1. The van der Waals surface area contributed by atoms with E-state index in [0.717, 1.165) is 31.5 Å². The molecule has 1 heterocycles. The monoisotopic (exact) mass is 344 g/mol. The maximum Gasteiger partial charge on any atom is 0.417 e. The van der Waals surface area contributed by atoms with Gasteiger partial charge in [0.2, 0.25) is 0 Å². The number of amides is 1. The molecule has 1 aliphatic carbocycles. The number of alkyl halides is 3. The first-order valence-electron chi connectivity index (χ1n) is 8.06. The van der Waals surface area contributed by atoms with Crippen LogP contribution in [0.15, 0.2) is 18.3 Å². The summed E-state index contributed by atoms with van der Waals surface area (Å²) in [5.74, 6) is 0.154. The maximum atomic E-state index is 12.6. The van der Waals surface area contributed by atoms with Gasteiger partial charge >= 0.3 is 12.3 Å². The summed E-state index contributed by atoms with van der Waals surface area (Å²) in [5.41, 5.74) is -0.709. The van der Waals surface area contributed by atoms with E-state index >= 15 is 0 Å². The number of halogens is 3. The molecule has 1 fully saturated rings.